The van der Waals surface area contributed by atoms with Crippen molar-refractivity contribution in [3.05, 3.63) is 90.0 Å². The van der Waals surface area contributed by atoms with Crippen LogP contribution < -0.4 is 0 Å². The maximum absolute atomic E-state index is 13.8. The zero-order valence-corrected chi connectivity index (χ0v) is 24.7. The van der Waals surface area contributed by atoms with E-state index in [9.17, 15) is 35.2 Å². The van der Waals surface area contributed by atoms with E-state index in [-0.39, 0.29) is 5.56 Å². The van der Waals surface area contributed by atoms with Crippen LogP contribution in [0.5, 0.6) is 0 Å². The molecule has 1 heterocycles. The molecule has 2 unspecified atom stereocenters. The lowest BCUT2D eigenvalue weighted by Crippen LogP contribution is -2.52. The Morgan fingerprint density at radius 1 is 0.860 bits per heavy atom. The van der Waals surface area contributed by atoms with Crippen LogP contribution in [0.25, 0.3) is 0 Å². The Balaban J connectivity index is 1.58. The molecular weight excluding hydrogens is 619 g/mol. The first-order valence-corrected chi connectivity index (χ1v) is 15.4. The molecule has 43 heavy (non-hydrogen) atoms. The summed E-state index contributed by atoms with van der Waals surface area (Å²) in [7, 11) is -6.54. The third-order valence-electron chi connectivity index (χ3n) is 7.04. The number of carbonyl (C=O) groups excluding carboxylic acids is 1. The SMILES string of the molecule is CC(OC(=O)c1ccc([S+](c2ccccc2)c2ccc(C3(C)OCC(C)(C(F)(F)F)CO3)cc2)cc1)C(F)(F)S(=O)(=O)O. The van der Waals surface area contributed by atoms with Gasteiger partial charge in [0, 0.05) is 5.56 Å². The molecule has 3 aromatic carbocycles. The van der Waals surface area contributed by atoms with Gasteiger partial charge < -0.3 is 14.2 Å². The Hall–Kier alpha value is -3.04. The fraction of sp³-hybridized carbons (Fsp3) is 0.345. The van der Waals surface area contributed by atoms with E-state index in [0.717, 1.165) is 21.6 Å². The first kappa shape index (κ1) is 32.9. The lowest BCUT2D eigenvalue weighted by Gasteiger charge is -2.43. The van der Waals surface area contributed by atoms with Crippen LogP contribution in [0.15, 0.2) is 93.5 Å². The smallest absolute Gasteiger partial charge is 0.405 e. The van der Waals surface area contributed by atoms with Crippen LogP contribution in [0.1, 0.15) is 36.7 Å². The second-order valence-corrected chi connectivity index (χ2v) is 13.9. The largest absolute Gasteiger partial charge is 0.451 e. The second kappa shape index (κ2) is 11.8. The number of carbonyl (C=O) groups is 1. The van der Waals surface area contributed by atoms with Crippen LogP contribution in [-0.2, 0) is 41.0 Å². The fourth-order valence-electron chi connectivity index (χ4n) is 4.10. The van der Waals surface area contributed by atoms with Crippen molar-refractivity contribution in [1.29, 1.82) is 0 Å². The molecule has 1 N–H and O–H groups in total. The van der Waals surface area contributed by atoms with E-state index in [0.29, 0.717) is 12.5 Å². The van der Waals surface area contributed by atoms with E-state index in [1.54, 1.807) is 43.3 Å². The summed E-state index contributed by atoms with van der Waals surface area (Å²) in [6.07, 6.45) is -6.94. The number of rotatable bonds is 8. The quantitative estimate of drug-likeness (QED) is 0.127. The van der Waals surface area contributed by atoms with Gasteiger partial charge in [-0.3, -0.25) is 4.55 Å². The summed E-state index contributed by atoms with van der Waals surface area (Å²) in [4.78, 5) is 14.9. The average Bonchev–Trinajstić information content (AvgIpc) is 2.95. The standard InChI is InChI=1S/C29H27F5O7S2/c1-19(28(30,31)43(36,37)38)41-25(35)20-9-13-23(14-10-20)42(22-7-5-4-6-8-22)24-15-11-21(12-16-24)27(3)39-17-26(2,18-40-27)29(32,33)34/h4-16,19H,17-18H2,1-3H3/p+1. The first-order valence-electron chi connectivity index (χ1n) is 12.8. The Kier molecular flexibility index (Phi) is 9.02. The Morgan fingerprint density at radius 3 is 1.79 bits per heavy atom. The van der Waals surface area contributed by atoms with Gasteiger partial charge in [0.2, 0.25) is 0 Å². The number of alkyl halides is 5. The van der Waals surface area contributed by atoms with Crippen molar-refractivity contribution >= 4 is 27.0 Å². The van der Waals surface area contributed by atoms with Gasteiger partial charge in [0.1, 0.15) is 5.41 Å². The lowest BCUT2D eigenvalue weighted by atomic mass is 9.90. The van der Waals surface area contributed by atoms with Gasteiger partial charge in [-0.1, -0.05) is 18.2 Å². The van der Waals surface area contributed by atoms with Crippen LogP contribution in [0.3, 0.4) is 0 Å². The summed E-state index contributed by atoms with van der Waals surface area (Å²) < 4.78 is 114. The van der Waals surface area contributed by atoms with Crippen LogP contribution in [0.2, 0.25) is 0 Å². The summed E-state index contributed by atoms with van der Waals surface area (Å²) in [6, 6.07) is 22.2. The topological polar surface area (TPSA) is 99.1 Å². The van der Waals surface area contributed by atoms with E-state index in [2.05, 4.69) is 4.74 Å². The van der Waals surface area contributed by atoms with Crippen LogP contribution in [0, 0.1) is 5.41 Å². The Morgan fingerprint density at radius 2 is 1.33 bits per heavy atom. The van der Waals surface area contributed by atoms with Gasteiger partial charge in [-0.15, -0.1) is 0 Å². The molecule has 1 aliphatic heterocycles. The van der Waals surface area contributed by atoms with Crippen molar-refractivity contribution in [2.45, 2.75) is 58.8 Å². The van der Waals surface area contributed by atoms with Crippen molar-refractivity contribution in [2.24, 2.45) is 5.41 Å². The minimum atomic E-state index is -5.80. The molecule has 0 radical (unpaired) electrons. The second-order valence-electron chi connectivity index (χ2n) is 10.3. The summed E-state index contributed by atoms with van der Waals surface area (Å²) in [5, 5.41) is -4.70. The number of hydrogen-bond donors (Lipinski definition) is 1. The molecule has 4 rings (SSSR count). The molecule has 7 nitrogen and oxygen atoms in total. The fourth-order valence-corrected chi connectivity index (χ4v) is 6.63. The zero-order chi connectivity index (χ0) is 31.8. The highest BCUT2D eigenvalue weighted by Crippen LogP contribution is 2.45. The average molecular weight is 648 g/mol. The number of halogens is 5. The number of hydrogen-bond acceptors (Lipinski definition) is 6. The number of benzene rings is 3. The van der Waals surface area contributed by atoms with E-state index >= 15 is 0 Å². The van der Waals surface area contributed by atoms with Crippen molar-refractivity contribution in [2.75, 3.05) is 13.2 Å². The predicted octanol–water partition coefficient (Wildman–Crippen LogP) is 6.60. The van der Waals surface area contributed by atoms with E-state index in [1.807, 2.05) is 30.3 Å². The third kappa shape index (κ3) is 6.73. The maximum atomic E-state index is 13.8. The molecule has 1 aliphatic rings. The highest BCUT2D eigenvalue weighted by molar-refractivity contribution is 7.97. The molecule has 0 spiro atoms. The lowest BCUT2D eigenvalue weighted by molar-refractivity contribution is -0.354. The summed E-state index contributed by atoms with van der Waals surface area (Å²) in [5.41, 5.74) is -1.73. The summed E-state index contributed by atoms with van der Waals surface area (Å²) >= 11 is 0. The number of ether oxygens (including phenoxy) is 3. The minimum Gasteiger partial charge on any atom is -0.451 e. The minimum absolute atomic E-state index is 0.126. The van der Waals surface area contributed by atoms with Gasteiger partial charge in [0.25, 0.3) is 0 Å². The Bertz CT molecular complexity index is 1540. The van der Waals surface area contributed by atoms with Crippen molar-refractivity contribution in [3.63, 3.8) is 0 Å². The van der Waals surface area contributed by atoms with Gasteiger partial charge in [-0.25, -0.2) is 4.79 Å². The molecule has 0 amide bonds. The maximum Gasteiger partial charge on any atom is 0.405 e. The van der Waals surface area contributed by atoms with E-state index < -0.39 is 68.9 Å². The van der Waals surface area contributed by atoms with E-state index in [4.69, 9.17) is 14.0 Å². The molecule has 14 heteroatoms. The molecule has 0 saturated carbocycles. The highest BCUT2D eigenvalue weighted by Gasteiger charge is 2.56. The Labute approximate surface area is 248 Å². The van der Waals surface area contributed by atoms with Gasteiger partial charge >= 0.3 is 27.5 Å². The summed E-state index contributed by atoms with van der Waals surface area (Å²) in [6.45, 7) is 2.12. The molecule has 0 aliphatic carbocycles. The molecule has 2 atom stereocenters. The van der Waals surface area contributed by atoms with Crippen LogP contribution in [-0.4, -0.2) is 49.7 Å². The van der Waals surface area contributed by atoms with Crippen LogP contribution >= 0.6 is 0 Å². The molecule has 0 bridgehead atoms. The third-order valence-corrected chi connectivity index (χ3v) is 10.3. The molecule has 232 valence electrons. The molecule has 0 aromatic heterocycles. The van der Waals surface area contributed by atoms with E-state index in [1.165, 1.54) is 12.1 Å². The predicted molar refractivity (Wildman–Crippen MR) is 146 cm³/mol. The zero-order valence-electron chi connectivity index (χ0n) is 23.1. The monoisotopic (exact) mass is 647 g/mol. The van der Waals surface area contributed by atoms with Gasteiger partial charge in [-0.2, -0.15) is 30.4 Å². The van der Waals surface area contributed by atoms with Crippen LogP contribution in [0.4, 0.5) is 22.0 Å². The van der Waals surface area contributed by atoms with Crippen molar-refractivity contribution < 1.29 is 53.9 Å². The van der Waals surface area contributed by atoms with Crippen molar-refractivity contribution in [1.82, 2.24) is 0 Å². The number of esters is 1. The van der Waals surface area contributed by atoms with Crippen molar-refractivity contribution in [3.8, 4) is 0 Å². The van der Waals surface area contributed by atoms with Gasteiger partial charge in [-0.05, 0) is 81.4 Å². The van der Waals surface area contributed by atoms with Gasteiger partial charge in [0.05, 0.1) is 29.7 Å². The highest BCUT2D eigenvalue weighted by atomic mass is 32.2. The molecule has 1 fully saturated rings. The molecule has 3 aromatic rings. The van der Waals surface area contributed by atoms with Gasteiger partial charge in [0.15, 0.2) is 26.6 Å². The summed E-state index contributed by atoms with van der Waals surface area (Å²) in [5.74, 6) is -2.60. The molecular formula is C29H28F5O7S2+. The first-order chi connectivity index (χ1) is 19.9. The molecule has 1 saturated heterocycles. The normalized spacial score (nSPS) is 22.9.